The fourth-order valence-electron chi connectivity index (χ4n) is 2.25. The van der Waals surface area contributed by atoms with Gasteiger partial charge in [-0.3, -0.25) is 0 Å². The van der Waals surface area contributed by atoms with E-state index >= 15 is 0 Å². The van der Waals surface area contributed by atoms with Gasteiger partial charge in [0, 0.05) is 11.8 Å². The summed E-state index contributed by atoms with van der Waals surface area (Å²) < 4.78 is 0. The van der Waals surface area contributed by atoms with Crippen LogP contribution in [0.25, 0.3) is 0 Å². The summed E-state index contributed by atoms with van der Waals surface area (Å²) in [6.45, 7) is 3.91. The molecule has 4 heteroatoms. The molecule has 0 N–H and O–H groups in total. The molecule has 0 amide bonds. The van der Waals surface area contributed by atoms with Gasteiger partial charge in [0.1, 0.15) is 0 Å². The van der Waals surface area contributed by atoms with Gasteiger partial charge in [-0.1, -0.05) is 20.3 Å². The van der Waals surface area contributed by atoms with Crippen LogP contribution < -0.4 is 0 Å². The number of carbonyl (C=O) groups excluding carboxylic acids is 2. The van der Waals surface area contributed by atoms with E-state index in [-0.39, 0.29) is 11.8 Å². The summed E-state index contributed by atoms with van der Waals surface area (Å²) in [7, 11) is 0. The number of rotatable bonds is 2. The molecule has 2 unspecified atom stereocenters. The minimum atomic E-state index is -0.901. The average Bonchev–Trinajstić information content (AvgIpc) is 2.15. The van der Waals surface area contributed by atoms with Gasteiger partial charge in [0.2, 0.25) is 12.2 Å². The summed E-state index contributed by atoms with van der Waals surface area (Å²) in [5.74, 6) is 0.211. The summed E-state index contributed by atoms with van der Waals surface area (Å²) in [6, 6.07) is 0. The highest BCUT2D eigenvalue weighted by molar-refractivity contribution is 5.39. The zero-order valence-electron chi connectivity index (χ0n) is 8.49. The van der Waals surface area contributed by atoms with Crippen LogP contribution in [0.1, 0.15) is 33.1 Å². The molecule has 1 saturated carbocycles. The van der Waals surface area contributed by atoms with Gasteiger partial charge in [0.05, 0.1) is 0 Å². The Labute approximate surface area is 83.1 Å². The van der Waals surface area contributed by atoms with E-state index in [4.69, 9.17) is 0 Å². The summed E-state index contributed by atoms with van der Waals surface area (Å²) in [6.07, 6.45) is 6.01. The first-order chi connectivity index (χ1) is 6.67. The van der Waals surface area contributed by atoms with Crippen molar-refractivity contribution in [1.82, 2.24) is 0 Å². The maximum Gasteiger partial charge on any atom is 0.237 e. The second kappa shape index (κ2) is 4.32. The Bertz CT molecular complexity index is 271. The fraction of sp³-hybridized carbons (Fsp3) is 0.800. The van der Waals surface area contributed by atoms with Crippen molar-refractivity contribution in [3.63, 3.8) is 0 Å². The lowest BCUT2D eigenvalue weighted by Gasteiger charge is -2.38. The van der Waals surface area contributed by atoms with E-state index in [9.17, 15) is 9.59 Å². The first kappa shape index (κ1) is 10.8. The van der Waals surface area contributed by atoms with Crippen LogP contribution in [0.5, 0.6) is 0 Å². The Morgan fingerprint density at radius 1 is 1.07 bits per heavy atom. The third kappa shape index (κ3) is 1.67. The fourth-order valence-corrected chi connectivity index (χ4v) is 2.25. The first-order valence-electron chi connectivity index (χ1n) is 4.85. The van der Waals surface area contributed by atoms with Crippen molar-refractivity contribution in [2.45, 2.75) is 38.8 Å². The predicted molar refractivity (Wildman–Crippen MR) is 51.2 cm³/mol. The van der Waals surface area contributed by atoms with Crippen molar-refractivity contribution in [2.75, 3.05) is 0 Å². The molecule has 1 rings (SSSR count). The average molecular weight is 194 g/mol. The van der Waals surface area contributed by atoms with Gasteiger partial charge in [-0.2, -0.15) is 9.98 Å². The van der Waals surface area contributed by atoms with Gasteiger partial charge in [0.15, 0.2) is 5.66 Å². The lowest BCUT2D eigenvalue weighted by Crippen LogP contribution is -2.42. The van der Waals surface area contributed by atoms with E-state index in [1.54, 1.807) is 0 Å². The second-order valence-corrected chi connectivity index (χ2v) is 3.92. The topological polar surface area (TPSA) is 58.9 Å². The molecule has 1 fully saturated rings. The Hall–Kier alpha value is -1.24. The Morgan fingerprint density at radius 3 is 1.86 bits per heavy atom. The molecule has 1 aliphatic carbocycles. The molecule has 0 saturated heterocycles. The largest absolute Gasteiger partial charge is 0.237 e. The van der Waals surface area contributed by atoms with Crippen LogP contribution in [0.2, 0.25) is 0 Å². The normalized spacial score (nSPS) is 36.7. The minimum Gasteiger partial charge on any atom is -0.211 e. The van der Waals surface area contributed by atoms with Crippen LogP contribution in [0.15, 0.2) is 9.98 Å². The summed E-state index contributed by atoms with van der Waals surface area (Å²) in [5.41, 5.74) is -0.901. The van der Waals surface area contributed by atoms with E-state index in [1.165, 1.54) is 12.2 Å². The Balaban J connectivity index is 3.13. The molecule has 0 spiro atoms. The lowest BCUT2D eigenvalue weighted by atomic mass is 9.74. The van der Waals surface area contributed by atoms with E-state index in [1.807, 2.05) is 13.8 Å². The maximum atomic E-state index is 10.4. The second-order valence-electron chi connectivity index (χ2n) is 3.92. The quantitative estimate of drug-likeness (QED) is 0.497. The Morgan fingerprint density at radius 2 is 1.50 bits per heavy atom. The van der Waals surface area contributed by atoms with Crippen LogP contribution in [-0.4, -0.2) is 17.8 Å². The Kier molecular flexibility index (Phi) is 3.34. The molecule has 0 bridgehead atoms. The molecule has 14 heavy (non-hydrogen) atoms. The van der Waals surface area contributed by atoms with Gasteiger partial charge in [-0.25, -0.2) is 9.59 Å². The third-order valence-electron chi connectivity index (χ3n) is 3.17. The highest BCUT2D eigenvalue weighted by atomic mass is 16.1. The number of isocyanates is 2. The molecule has 1 aliphatic rings. The van der Waals surface area contributed by atoms with Crippen molar-refractivity contribution < 1.29 is 9.59 Å². The van der Waals surface area contributed by atoms with Crippen LogP contribution in [0, 0.1) is 11.8 Å². The van der Waals surface area contributed by atoms with E-state index < -0.39 is 5.66 Å². The van der Waals surface area contributed by atoms with Crippen LogP contribution in [0.4, 0.5) is 0 Å². The molecule has 0 aromatic carbocycles. The monoisotopic (exact) mass is 194 g/mol. The molecule has 0 aromatic heterocycles. The summed E-state index contributed by atoms with van der Waals surface area (Å²) >= 11 is 0. The maximum absolute atomic E-state index is 10.4. The van der Waals surface area contributed by atoms with Crippen molar-refractivity contribution in [1.29, 1.82) is 0 Å². The number of nitrogens with zero attached hydrogens (tertiary/aromatic N) is 2. The molecular weight excluding hydrogens is 180 g/mol. The SMILES string of the molecule is CC1CCCC(C)C1(N=C=O)N=C=O. The van der Waals surface area contributed by atoms with E-state index in [0.29, 0.717) is 0 Å². The van der Waals surface area contributed by atoms with E-state index in [0.717, 1.165) is 19.3 Å². The molecule has 0 aliphatic heterocycles. The minimum absolute atomic E-state index is 0.106. The third-order valence-corrected chi connectivity index (χ3v) is 3.17. The van der Waals surface area contributed by atoms with Gasteiger partial charge < -0.3 is 0 Å². The zero-order chi connectivity index (χ0) is 10.6. The first-order valence-corrected chi connectivity index (χ1v) is 4.85. The molecular formula is C10H14N2O2. The van der Waals surface area contributed by atoms with Crippen LogP contribution >= 0.6 is 0 Å². The van der Waals surface area contributed by atoms with Crippen molar-refractivity contribution >= 4 is 12.2 Å². The lowest BCUT2D eigenvalue weighted by molar-refractivity contribution is 0.145. The summed E-state index contributed by atoms with van der Waals surface area (Å²) in [5, 5.41) is 0. The number of hydrogen-bond donors (Lipinski definition) is 0. The molecule has 0 aromatic rings. The van der Waals surface area contributed by atoms with Gasteiger partial charge in [-0.05, 0) is 12.8 Å². The molecule has 76 valence electrons. The predicted octanol–water partition coefficient (Wildman–Crippen LogP) is 1.81. The van der Waals surface area contributed by atoms with Crippen molar-refractivity contribution in [3.05, 3.63) is 0 Å². The van der Waals surface area contributed by atoms with Crippen molar-refractivity contribution in [3.8, 4) is 0 Å². The van der Waals surface area contributed by atoms with Gasteiger partial charge in [-0.15, -0.1) is 0 Å². The number of hydrogen-bond acceptors (Lipinski definition) is 4. The van der Waals surface area contributed by atoms with Crippen LogP contribution in [-0.2, 0) is 9.59 Å². The van der Waals surface area contributed by atoms with Crippen molar-refractivity contribution in [2.24, 2.45) is 21.8 Å². The van der Waals surface area contributed by atoms with E-state index in [2.05, 4.69) is 9.98 Å². The highest BCUT2D eigenvalue weighted by Gasteiger charge is 2.44. The standard InChI is InChI=1S/C10H14N2O2/c1-8-4-3-5-9(2)10(8,11-6-13)12-7-14/h8-9H,3-5H2,1-2H3. The van der Waals surface area contributed by atoms with Gasteiger partial charge >= 0.3 is 0 Å². The number of aliphatic imine (C=N–C) groups is 2. The van der Waals surface area contributed by atoms with Gasteiger partial charge in [0.25, 0.3) is 0 Å². The summed E-state index contributed by atoms with van der Waals surface area (Å²) in [4.78, 5) is 28.2. The highest BCUT2D eigenvalue weighted by Crippen LogP contribution is 2.41. The van der Waals surface area contributed by atoms with Crippen LogP contribution in [0.3, 0.4) is 0 Å². The molecule has 2 atom stereocenters. The smallest absolute Gasteiger partial charge is 0.211 e. The molecule has 4 nitrogen and oxygen atoms in total. The zero-order valence-corrected chi connectivity index (χ0v) is 8.49. The molecule has 0 radical (unpaired) electrons. The molecule has 0 heterocycles.